The molecule has 13 heavy (non-hydrogen) atoms. The molecule has 0 aliphatic rings. The predicted molar refractivity (Wildman–Crippen MR) is 46.7 cm³/mol. The highest BCUT2D eigenvalue weighted by atomic mass is 14.8. The summed E-state index contributed by atoms with van der Waals surface area (Å²) in [5.41, 5.74) is 2.18. The number of aromatic nitrogens is 3. The lowest BCUT2D eigenvalue weighted by Gasteiger charge is -1.98. The van der Waals surface area contributed by atoms with E-state index in [0.717, 1.165) is 5.52 Å². The minimum atomic E-state index is 0.274. The van der Waals surface area contributed by atoms with Crippen molar-refractivity contribution in [1.29, 1.82) is 5.26 Å². The Labute approximate surface area is 74.9 Å². The van der Waals surface area contributed by atoms with Crippen molar-refractivity contribution in [2.45, 2.75) is 6.42 Å². The van der Waals surface area contributed by atoms with Crippen LogP contribution in [0, 0.1) is 11.3 Å². The smallest absolute Gasteiger partial charge is 0.111 e. The summed E-state index contributed by atoms with van der Waals surface area (Å²) >= 11 is 0. The molecule has 2 heterocycles. The van der Waals surface area contributed by atoms with Crippen molar-refractivity contribution < 1.29 is 0 Å². The Balaban J connectivity index is 2.70. The SMILES string of the molecule is N#CCc1nccc2nccnc12. The summed E-state index contributed by atoms with van der Waals surface area (Å²) in [4.78, 5) is 12.3. The standard InChI is InChI=1S/C9H6N4/c10-3-1-7-9-8(2-4-11-7)12-5-6-13-9/h2,4-6H,1H2. The molecule has 0 unspecified atom stereocenters. The largest absolute Gasteiger partial charge is 0.258 e. The minimum Gasteiger partial charge on any atom is -0.258 e. The van der Waals surface area contributed by atoms with Gasteiger partial charge in [0.2, 0.25) is 0 Å². The third kappa shape index (κ3) is 1.32. The van der Waals surface area contributed by atoms with Crippen molar-refractivity contribution >= 4 is 11.0 Å². The van der Waals surface area contributed by atoms with Crippen molar-refractivity contribution in [3.8, 4) is 6.07 Å². The summed E-state index contributed by atoms with van der Waals surface area (Å²) in [6.45, 7) is 0. The van der Waals surface area contributed by atoms with Crippen molar-refractivity contribution in [3.63, 3.8) is 0 Å². The van der Waals surface area contributed by atoms with Crippen LogP contribution in [0.15, 0.2) is 24.7 Å². The first-order valence-corrected chi connectivity index (χ1v) is 3.83. The van der Waals surface area contributed by atoms with Gasteiger partial charge in [0.15, 0.2) is 0 Å². The van der Waals surface area contributed by atoms with Crippen LogP contribution >= 0.6 is 0 Å². The van der Waals surface area contributed by atoms with Gasteiger partial charge >= 0.3 is 0 Å². The van der Waals surface area contributed by atoms with Gasteiger partial charge in [0.05, 0.1) is 23.7 Å². The van der Waals surface area contributed by atoms with E-state index < -0.39 is 0 Å². The van der Waals surface area contributed by atoms with Gasteiger partial charge in [-0.05, 0) is 6.07 Å². The van der Waals surface area contributed by atoms with Gasteiger partial charge in [-0.3, -0.25) is 15.0 Å². The Morgan fingerprint density at radius 1 is 1.15 bits per heavy atom. The van der Waals surface area contributed by atoms with Crippen LogP contribution < -0.4 is 0 Å². The van der Waals surface area contributed by atoms with Gasteiger partial charge < -0.3 is 0 Å². The molecule has 2 aromatic rings. The lowest BCUT2D eigenvalue weighted by Crippen LogP contribution is -1.92. The molecular formula is C9H6N4. The van der Waals surface area contributed by atoms with E-state index in [4.69, 9.17) is 5.26 Å². The van der Waals surface area contributed by atoms with Crippen LogP contribution in [0.2, 0.25) is 0 Å². The Morgan fingerprint density at radius 3 is 2.85 bits per heavy atom. The highest BCUT2D eigenvalue weighted by molar-refractivity contribution is 5.75. The maximum Gasteiger partial charge on any atom is 0.111 e. The molecule has 0 bridgehead atoms. The van der Waals surface area contributed by atoms with Gasteiger partial charge in [0.1, 0.15) is 5.52 Å². The molecule has 0 aliphatic heterocycles. The van der Waals surface area contributed by atoms with Crippen LogP contribution in [0.25, 0.3) is 11.0 Å². The Morgan fingerprint density at radius 2 is 2.00 bits per heavy atom. The molecule has 2 rings (SSSR count). The van der Waals surface area contributed by atoms with Crippen molar-refractivity contribution in [2.75, 3.05) is 0 Å². The van der Waals surface area contributed by atoms with E-state index in [0.29, 0.717) is 11.2 Å². The fourth-order valence-electron chi connectivity index (χ4n) is 1.16. The quantitative estimate of drug-likeness (QED) is 0.642. The van der Waals surface area contributed by atoms with Crippen molar-refractivity contribution in [3.05, 3.63) is 30.4 Å². The Kier molecular flexibility index (Phi) is 1.85. The van der Waals surface area contributed by atoms with Crippen LogP contribution in [0.1, 0.15) is 5.69 Å². The lowest BCUT2D eigenvalue weighted by molar-refractivity contribution is 1.11. The number of hydrogen-bond acceptors (Lipinski definition) is 4. The fourth-order valence-corrected chi connectivity index (χ4v) is 1.16. The molecule has 0 saturated heterocycles. The van der Waals surface area contributed by atoms with Gasteiger partial charge in [-0.25, -0.2) is 0 Å². The van der Waals surface area contributed by atoms with E-state index in [2.05, 4.69) is 15.0 Å². The van der Waals surface area contributed by atoms with Gasteiger partial charge in [0.25, 0.3) is 0 Å². The number of rotatable bonds is 1. The van der Waals surface area contributed by atoms with E-state index in [1.165, 1.54) is 0 Å². The molecule has 0 atom stereocenters. The van der Waals surface area contributed by atoms with E-state index in [9.17, 15) is 0 Å². The van der Waals surface area contributed by atoms with E-state index in [1.807, 2.05) is 6.07 Å². The van der Waals surface area contributed by atoms with Crippen molar-refractivity contribution in [1.82, 2.24) is 15.0 Å². The number of nitrogens with zero attached hydrogens (tertiary/aromatic N) is 4. The second kappa shape index (κ2) is 3.15. The first kappa shape index (κ1) is 7.62. The first-order chi connectivity index (χ1) is 6.42. The molecule has 0 aromatic carbocycles. The first-order valence-electron chi connectivity index (χ1n) is 3.83. The molecule has 0 fully saturated rings. The third-order valence-electron chi connectivity index (χ3n) is 1.71. The summed E-state index contributed by atoms with van der Waals surface area (Å²) in [6, 6.07) is 3.83. The molecule has 0 saturated carbocycles. The molecule has 62 valence electrons. The van der Waals surface area contributed by atoms with Crippen LogP contribution in [-0.4, -0.2) is 15.0 Å². The monoisotopic (exact) mass is 170 g/mol. The van der Waals surface area contributed by atoms with Gasteiger partial charge in [-0.15, -0.1) is 0 Å². The highest BCUT2D eigenvalue weighted by Crippen LogP contribution is 2.10. The fraction of sp³-hybridized carbons (Fsp3) is 0.111. The maximum atomic E-state index is 8.54. The number of hydrogen-bond donors (Lipinski definition) is 0. The molecule has 0 N–H and O–H groups in total. The molecular weight excluding hydrogens is 164 g/mol. The summed E-state index contributed by atoms with van der Waals surface area (Å²) < 4.78 is 0. The Bertz CT molecular complexity index is 467. The molecule has 4 heteroatoms. The number of pyridine rings is 1. The van der Waals surface area contributed by atoms with E-state index in [-0.39, 0.29) is 6.42 Å². The van der Waals surface area contributed by atoms with E-state index >= 15 is 0 Å². The lowest BCUT2D eigenvalue weighted by atomic mass is 10.2. The summed E-state index contributed by atoms with van der Waals surface area (Å²) in [5, 5.41) is 8.54. The minimum absolute atomic E-state index is 0.274. The molecule has 0 amide bonds. The zero-order valence-electron chi connectivity index (χ0n) is 6.81. The van der Waals surface area contributed by atoms with E-state index in [1.54, 1.807) is 24.7 Å². The molecule has 4 nitrogen and oxygen atoms in total. The van der Waals surface area contributed by atoms with Gasteiger partial charge in [-0.2, -0.15) is 5.26 Å². The second-order valence-corrected chi connectivity index (χ2v) is 2.52. The average Bonchev–Trinajstić information content (AvgIpc) is 2.19. The van der Waals surface area contributed by atoms with Crippen LogP contribution in [-0.2, 0) is 6.42 Å². The van der Waals surface area contributed by atoms with Crippen LogP contribution in [0.5, 0.6) is 0 Å². The summed E-state index contributed by atoms with van der Waals surface area (Å²) in [6.07, 6.45) is 5.14. The second-order valence-electron chi connectivity index (χ2n) is 2.52. The molecule has 0 radical (unpaired) electrons. The highest BCUT2D eigenvalue weighted by Gasteiger charge is 2.02. The molecule has 0 aliphatic carbocycles. The number of fused-ring (bicyclic) bond motifs is 1. The van der Waals surface area contributed by atoms with Crippen LogP contribution in [0.3, 0.4) is 0 Å². The van der Waals surface area contributed by atoms with Gasteiger partial charge in [0, 0.05) is 18.6 Å². The summed E-state index contributed by atoms with van der Waals surface area (Å²) in [5.74, 6) is 0. The third-order valence-corrected chi connectivity index (χ3v) is 1.71. The van der Waals surface area contributed by atoms with Gasteiger partial charge in [-0.1, -0.05) is 0 Å². The topological polar surface area (TPSA) is 62.5 Å². The molecule has 0 spiro atoms. The van der Waals surface area contributed by atoms with Crippen LogP contribution in [0.4, 0.5) is 0 Å². The average molecular weight is 170 g/mol. The summed E-state index contributed by atoms with van der Waals surface area (Å²) in [7, 11) is 0. The number of nitriles is 1. The zero-order chi connectivity index (χ0) is 9.10. The normalized spacial score (nSPS) is 9.77. The van der Waals surface area contributed by atoms with Crippen molar-refractivity contribution in [2.24, 2.45) is 0 Å². The molecule has 2 aromatic heterocycles. The zero-order valence-corrected chi connectivity index (χ0v) is 6.81. The predicted octanol–water partition coefficient (Wildman–Crippen LogP) is 1.09. The Hall–Kier alpha value is -2.02. The maximum absolute atomic E-state index is 8.54.